The fourth-order valence-electron chi connectivity index (χ4n) is 0.837. The Labute approximate surface area is 69.5 Å². The van der Waals surface area contributed by atoms with Crippen molar-refractivity contribution in [1.29, 1.82) is 0 Å². The van der Waals surface area contributed by atoms with Gasteiger partial charge in [0.2, 0.25) is 0 Å². The summed E-state index contributed by atoms with van der Waals surface area (Å²) in [5.41, 5.74) is 1.33. The summed E-state index contributed by atoms with van der Waals surface area (Å²) in [6.07, 6.45) is 7.77. The third-order valence-corrected chi connectivity index (χ3v) is 1.50. The van der Waals surface area contributed by atoms with Gasteiger partial charge in [0.25, 0.3) is 0 Å². The van der Waals surface area contributed by atoms with Crippen molar-refractivity contribution in [3.8, 4) is 0 Å². The zero-order valence-electron chi connectivity index (χ0n) is 7.83. The van der Waals surface area contributed by atoms with Gasteiger partial charge < -0.3 is 0 Å². The first-order valence-corrected chi connectivity index (χ1v) is 4.03. The molecule has 0 radical (unpaired) electrons. The molecule has 0 amide bonds. The van der Waals surface area contributed by atoms with Crippen LogP contribution in [0.3, 0.4) is 0 Å². The minimum atomic E-state index is 0.586. The van der Waals surface area contributed by atoms with Crippen LogP contribution in [0.4, 0.5) is 0 Å². The van der Waals surface area contributed by atoms with Crippen LogP contribution in [-0.4, -0.2) is 6.21 Å². The molecule has 11 heavy (non-hydrogen) atoms. The maximum Gasteiger partial charge on any atom is 0.0266 e. The van der Waals surface area contributed by atoms with Crippen LogP contribution in [0.5, 0.6) is 0 Å². The molecule has 0 saturated carbocycles. The van der Waals surface area contributed by atoms with Crippen LogP contribution in [0.1, 0.15) is 27.7 Å². The molecule has 0 aromatic rings. The summed E-state index contributed by atoms with van der Waals surface area (Å²) in [5.74, 6) is 0.586. The van der Waals surface area contributed by atoms with Crippen LogP contribution < -0.4 is 0 Å². The Hall–Kier alpha value is -0.850. The van der Waals surface area contributed by atoms with Gasteiger partial charge in [0, 0.05) is 12.4 Å². The van der Waals surface area contributed by atoms with Crippen molar-refractivity contribution in [1.82, 2.24) is 0 Å². The molecule has 0 spiro atoms. The smallest absolute Gasteiger partial charge is 0.0266 e. The number of aliphatic imine (C=N–C) groups is 1. The number of hydrogen-bond donors (Lipinski definition) is 0. The summed E-state index contributed by atoms with van der Waals surface area (Å²) >= 11 is 0. The largest absolute Gasteiger partial charge is 0.269 e. The molecule has 62 valence electrons. The molecule has 0 N–H and O–H groups in total. The predicted molar refractivity (Wildman–Crippen MR) is 51.9 cm³/mol. The standard InChI is InChI=1S/C10H17N/c1-5-10(9(3)4)7-8-11-6-2/h5-9H,1-4H3/b8-7-,10-5+,11-6?. The van der Waals surface area contributed by atoms with E-state index < -0.39 is 0 Å². The van der Waals surface area contributed by atoms with Crippen molar-refractivity contribution in [2.75, 3.05) is 0 Å². The Morgan fingerprint density at radius 2 is 1.91 bits per heavy atom. The molecule has 0 aromatic heterocycles. The molecule has 0 aliphatic carbocycles. The van der Waals surface area contributed by atoms with Gasteiger partial charge in [-0.05, 0) is 31.4 Å². The van der Waals surface area contributed by atoms with E-state index in [1.165, 1.54) is 5.57 Å². The second-order valence-electron chi connectivity index (χ2n) is 2.67. The Balaban J connectivity index is 4.10. The number of hydrogen-bond acceptors (Lipinski definition) is 1. The zero-order valence-corrected chi connectivity index (χ0v) is 7.83. The predicted octanol–water partition coefficient (Wildman–Crippen LogP) is 3.19. The molecule has 1 heteroatoms. The van der Waals surface area contributed by atoms with Crippen LogP contribution >= 0.6 is 0 Å². The highest BCUT2D eigenvalue weighted by Crippen LogP contribution is 2.09. The van der Waals surface area contributed by atoms with Crippen molar-refractivity contribution >= 4 is 6.21 Å². The van der Waals surface area contributed by atoms with Gasteiger partial charge in [0.1, 0.15) is 0 Å². The summed E-state index contributed by atoms with van der Waals surface area (Å²) in [5, 5.41) is 0. The Kier molecular flexibility index (Phi) is 5.44. The molecule has 0 saturated heterocycles. The van der Waals surface area contributed by atoms with Gasteiger partial charge >= 0.3 is 0 Å². The highest BCUT2D eigenvalue weighted by Gasteiger charge is 1.94. The van der Waals surface area contributed by atoms with E-state index in [4.69, 9.17) is 0 Å². The van der Waals surface area contributed by atoms with Crippen LogP contribution in [0.15, 0.2) is 28.9 Å². The zero-order chi connectivity index (χ0) is 8.69. The Bertz CT molecular complexity index is 173. The molecule has 0 aliphatic rings. The first-order valence-electron chi connectivity index (χ1n) is 4.03. The molecule has 0 fully saturated rings. The maximum atomic E-state index is 4.00. The van der Waals surface area contributed by atoms with E-state index in [0.717, 1.165) is 0 Å². The lowest BCUT2D eigenvalue weighted by molar-refractivity contribution is 0.789. The maximum absolute atomic E-state index is 4.00. The number of rotatable bonds is 3. The SMILES string of the molecule is CC=N/C=C\C(=C/C)C(C)C. The molecule has 0 atom stereocenters. The molecule has 1 nitrogen and oxygen atoms in total. The van der Waals surface area contributed by atoms with Crippen LogP contribution in [0.25, 0.3) is 0 Å². The van der Waals surface area contributed by atoms with E-state index in [-0.39, 0.29) is 0 Å². The van der Waals surface area contributed by atoms with Gasteiger partial charge in [-0.3, -0.25) is 4.99 Å². The molecule has 0 aliphatic heterocycles. The van der Waals surface area contributed by atoms with E-state index >= 15 is 0 Å². The average molecular weight is 151 g/mol. The molecule has 0 unspecified atom stereocenters. The normalized spacial score (nSPS) is 14.1. The van der Waals surface area contributed by atoms with Crippen molar-refractivity contribution in [2.24, 2.45) is 10.9 Å². The first kappa shape index (κ1) is 10.2. The number of allylic oxidation sites excluding steroid dienone is 3. The average Bonchev–Trinajstić information content (AvgIpc) is 1.97. The fourth-order valence-corrected chi connectivity index (χ4v) is 0.837. The summed E-state index contributed by atoms with van der Waals surface area (Å²) in [6.45, 7) is 8.31. The lowest BCUT2D eigenvalue weighted by Crippen LogP contribution is -1.88. The molecular weight excluding hydrogens is 134 g/mol. The van der Waals surface area contributed by atoms with Crippen molar-refractivity contribution in [2.45, 2.75) is 27.7 Å². The van der Waals surface area contributed by atoms with Crippen LogP contribution in [0, 0.1) is 5.92 Å². The van der Waals surface area contributed by atoms with Crippen LogP contribution in [0.2, 0.25) is 0 Å². The van der Waals surface area contributed by atoms with Crippen LogP contribution in [-0.2, 0) is 0 Å². The topological polar surface area (TPSA) is 12.4 Å². The second-order valence-corrected chi connectivity index (χ2v) is 2.67. The number of nitrogens with zero attached hydrogens (tertiary/aromatic N) is 1. The molecule has 0 aromatic carbocycles. The second kappa shape index (κ2) is 5.90. The Morgan fingerprint density at radius 1 is 1.27 bits per heavy atom. The monoisotopic (exact) mass is 151 g/mol. The molecule has 0 rings (SSSR count). The van der Waals surface area contributed by atoms with E-state index in [1.807, 2.05) is 19.2 Å². The fraction of sp³-hybridized carbons (Fsp3) is 0.500. The van der Waals surface area contributed by atoms with E-state index in [1.54, 1.807) is 6.21 Å². The lowest BCUT2D eigenvalue weighted by Gasteiger charge is -2.03. The summed E-state index contributed by atoms with van der Waals surface area (Å²) in [6, 6.07) is 0. The minimum Gasteiger partial charge on any atom is -0.269 e. The van der Waals surface area contributed by atoms with Gasteiger partial charge in [-0.15, -0.1) is 0 Å². The van der Waals surface area contributed by atoms with E-state index in [0.29, 0.717) is 5.92 Å². The van der Waals surface area contributed by atoms with Crippen molar-refractivity contribution in [3.63, 3.8) is 0 Å². The first-order chi connectivity index (χ1) is 5.22. The third kappa shape index (κ3) is 4.54. The Morgan fingerprint density at radius 3 is 2.27 bits per heavy atom. The summed E-state index contributed by atoms with van der Waals surface area (Å²) < 4.78 is 0. The van der Waals surface area contributed by atoms with E-state index in [9.17, 15) is 0 Å². The summed E-state index contributed by atoms with van der Waals surface area (Å²) in [7, 11) is 0. The van der Waals surface area contributed by atoms with Gasteiger partial charge in [0.15, 0.2) is 0 Å². The molecular formula is C10H17N. The van der Waals surface area contributed by atoms with Crippen molar-refractivity contribution < 1.29 is 0 Å². The highest BCUT2D eigenvalue weighted by molar-refractivity contribution is 5.54. The molecule has 0 bridgehead atoms. The minimum absolute atomic E-state index is 0.586. The summed E-state index contributed by atoms with van der Waals surface area (Å²) in [4.78, 5) is 4.00. The van der Waals surface area contributed by atoms with Gasteiger partial charge in [-0.2, -0.15) is 0 Å². The highest BCUT2D eigenvalue weighted by atomic mass is 14.6. The van der Waals surface area contributed by atoms with Gasteiger partial charge in [-0.1, -0.05) is 19.9 Å². The van der Waals surface area contributed by atoms with Gasteiger partial charge in [-0.25, -0.2) is 0 Å². The molecule has 0 heterocycles. The van der Waals surface area contributed by atoms with Crippen molar-refractivity contribution in [3.05, 3.63) is 23.9 Å². The van der Waals surface area contributed by atoms with E-state index in [2.05, 4.69) is 31.8 Å². The quantitative estimate of drug-likeness (QED) is 0.434. The lowest BCUT2D eigenvalue weighted by atomic mass is 10.0. The third-order valence-electron chi connectivity index (χ3n) is 1.50. The van der Waals surface area contributed by atoms with Gasteiger partial charge in [0.05, 0.1) is 0 Å².